The molecule has 1 aromatic carbocycles. The smallest absolute Gasteiger partial charge is 0.328 e. The molecule has 8 heteroatoms. The third kappa shape index (κ3) is 2.66. The highest BCUT2D eigenvalue weighted by Gasteiger charge is 2.54. The normalized spacial score (nSPS) is 24.5. The number of carbonyl (C=O) groups is 2. The van der Waals surface area contributed by atoms with E-state index >= 15 is 0 Å². The maximum Gasteiger partial charge on any atom is 0.328 e. The van der Waals surface area contributed by atoms with Crippen molar-refractivity contribution in [1.82, 2.24) is 14.7 Å². The van der Waals surface area contributed by atoms with Gasteiger partial charge in [-0.2, -0.15) is 0 Å². The molecule has 3 aliphatic rings. The van der Waals surface area contributed by atoms with Gasteiger partial charge in [0.2, 0.25) is 5.96 Å². The van der Waals surface area contributed by atoms with Crippen LogP contribution in [0.15, 0.2) is 23.2 Å². The van der Waals surface area contributed by atoms with E-state index in [1.54, 1.807) is 7.05 Å². The second-order valence-electron chi connectivity index (χ2n) is 7.36. The van der Waals surface area contributed by atoms with E-state index in [1.165, 1.54) is 20.9 Å². The first-order chi connectivity index (χ1) is 12.9. The minimum atomic E-state index is -0.500. The first kappa shape index (κ1) is 17.8. The average molecular weight is 371 g/mol. The molecule has 0 spiro atoms. The van der Waals surface area contributed by atoms with Gasteiger partial charge in [-0.3, -0.25) is 9.69 Å². The SMILES string of the molecule is Cc1ccc(N2CCN3C2=NC2C3C(=O)N(CCCO)C(=O)N2C)cc1C. The van der Waals surface area contributed by atoms with E-state index in [4.69, 9.17) is 10.1 Å². The largest absolute Gasteiger partial charge is 0.396 e. The Morgan fingerprint density at radius 1 is 1.19 bits per heavy atom. The van der Waals surface area contributed by atoms with Crippen molar-refractivity contribution >= 4 is 23.6 Å². The Morgan fingerprint density at radius 3 is 2.67 bits per heavy atom. The van der Waals surface area contributed by atoms with Crippen LogP contribution in [0.5, 0.6) is 0 Å². The number of nitrogens with zero attached hydrogens (tertiary/aromatic N) is 5. The van der Waals surface area contributed by atoms with Crippen LogP contribution in [0, 0.1) is 13.8 Å². The Morgan fingerprint density at radius 2 is 1.96 bits per heavy atom. The van der Waals surface area contributed by atoms with Gasteiger partial charge in [-0.1, -0.05) is 6.07 Å². The number of aliphatic hydroxyl groups excluding tert-OH is 1. The summed E-state index contributed by atoms with van der Waals surface area (Å²) in [5.41, 5.74) is 3.49. The van der Waals surface area contributed by atoms with E-state index in [1.807, 2.05) is 4.90 Å². The number of guanidine groups is 1. The van der Waals surface area contributed by atoms with Crippen LogP contribution >= 0.6 is 0 Å². The zero-order valence-corrected chi connectivity index (χ0v) is 15.9. The molecular weight excluding hydrogens is 346 g/mol. The predicted molar refractivity (Wildman–Crippen MR) is 102 cm³/mol. The highest BCUT2D eigenvalue weighted by atomic mass is 16.3. The predicted octanol–water partition coefficient (Wildman–Crippen LogP) is 0.766. The van der Waals surface area contributed by atoms with Gasteiger partial charge < -0.3 is 19.8 Å². The number of aliphatic imine (C=N–C) groups is 1. The first-order valence-corrected chi connectivity index (χ1v) is 9.32. The van der Waals surface area contributed by atoms with Gasteiger partial charge in [0, 0.05) is 39.0 Å². The van der Waals surface area contributed by atoms with E-state index in [0.717, 1.165) is 18.2 Å². The summed E-state index contributed by atoms with van der Waals surface area (Å²) in [4.78, 5) is 37.3. The summed E-state index contributed by atoms with van der Waals surface area (Å²) in [5.74, 6) is 0.530. The molecule has 2 saturated heterocycles. The molecule has 2 atom stereocenters. The molecule has 1 N–H and O–H groups in total. The Hall–Kier alpha value is -2.61. The van der Waals surface area contributed by atoms with Gasteiger partial charge in [0.25, 0.3) is 5.91 Å². The van der Waals surface area contributed by atoms with Crippen LogP contribution < -0.4 is 4.90 Å². The molecule has 0 saturated carbocycles. The monoisotopic (exact) mass is 371 g/mol. The van der Waals surface area contributed by atoms with Crippen LogP contribution in [0.4, 0.5) is 10.5 Å². The van der Waals surface area contributed by atoms with Crippen LogP contribution in [-0.4, -0.2) is 83.2 Å². The summed E-state index contributed by atoms with van der Waals surface area (Å²) in [7, 11) is 1.69. The number of urea groups is 1. The Balaban J connectivity index is 1.64. The number of anilines is 1. The van der Waals surface area contributed by atoms with E-state index < -0.39 is 12.2 Å². The van der Waals surface area contributed by atoms with Gasteiger partial charge in [0.05, 0.1) is 0 Å². The molecule has 4 rings (SSSR count). The summed E-state index contributed by atoms with van der Waals surface area (Å²) >= 11 is 0. The van der Waals surface area contributed by atoms with Crippen LogP contribution in [0.1, 0.15) is 17.5 Å². The molecule has 1 aromatic rings. The number of benzene rings is 1. The standard InChI is InChI=1S/C19H25N5O3/c1-12-5-6-14(11-13(12)2)22-8-9-23-15-16(20-18(22)23)21(3)19(27)24(17(15)26)7-4-10-25/h5-6,11,15-16,25H,4,7-10H2,1-3H3. The molecule has 27 heavy (non-hydrogen) atoms. The maximum atomic E-state index is 13.0. The van der Waals surface area contributed by atoms with Crippen LogP contribution in [0.3, 0.4) is 0 Å². The molecule has 144 valence electrons. The number of hydrogen-bond acceptors (Lipinski definition) is 6. The zero-order chi connectivity index (χ0) is 19.3. The highest BCUT2D eigenvalue weighted by Crippen LogP contribution is 2.33. The van der Waals surface area contributed by atoms with Crippen molar-refractivity contribution in [2.75, 3.05) is 38.2 Å². The van der Waals surface area contributed by atoms with Crippen LogP contribution in [0.2, 0.25) is 0 Å². The minimum absolute atomic E-state index is 0.0547. The Bertz CT molecular complexity index is 824. The van der Waals surface area contributed by atoms with E-state index in [2.05, 4.69) is 36.9 Å². The summed E-state index contributed by atoms with van der Waals surface area (Å²) < 4.78 is 0. The van der Waals surface area contributed by atoms with Gasteiger partial charge >= 0.3 is 6.03 Å². The zero-order valence-electron chi connectivity index (χ0n) is 15.9. The Labute approximate surface area is 158 Å². The molecule has 2 unspecified atom stereocenters. The lowest BCUT2D eigenvalue weighted by Gasteiger charge is -2.40. The third-order valence-corrected chi connectivity index (χ3v) is 5.72. The molecular formula is C19H25N5O3. The average Bonchev–Trinajstić information content (AvgIpc) is 3.21. The van der Waals surface area contributed by atoms with Crippen molar-refractivity contribution in [3.8, 4) is 0 Å². The van der Waals surface area contributed by atoms with Crippen molar-refractivity contribution in [3.05, 3.63) is 29.3 Å². The molecule has 2 fully saturated rings. The summed E-state index contributed by atoms with van der Waals surface area (Å²) in [6, 6.07) is 5.46. The molecule has 0 radical (unpaired) electrons. The molecule has 0 aromatic heterocycles. The molecule has 3 amide bonds. The summed E-state index contributed by atoms with van der Waals surface area (Å²) in [6.07, 6.45) is -0.120. The summed E-state index contributed by atoms with van der Waals surface area (Å²) in [5, 5.41) is 9.07. The third-order valence-electron chi connectivity index (χ3n) is 5.72. The molecule has 3 heterocycles. The maximum absolute atomic E-state index is 13.0. The van der Waals surface area contributed by atoms with Gasteiger partial charge in [-0.05, 0) is 43.5 Å². The van der Waals surface area contributed by atoms with Crippen LogP contribution in [-0.2, 0) is 4.79 Å². The number of rotatable bonds is 4. The fourth-order valence-corrected chi connectivity index (χ4v) is 4.01. The van der Waals surface area contributed by atoms with Gasteiger partial charge in [0.15, 0.2) is 12.2 Å². The number of amides is 3. The number of likely N-dealkylation sites (N-methyl/N-ethyl adjacent to an activating group) is 1. The number of carbonyl (C=O) groups excluding carboxylic acids is 2. The fourth-order valence-electron chi connectivity index (χ4n) is 4.01. The molecule has 3 aliphatic heterocycles. The number of fused-ring (bicyclic) bond motifs is 3. The van der Waals surface area contributed by atoms with Crippen molar-refractivity contribution in [3.63, 3.8) is 0 Å². The van der Waals surface area contributed by atoms with Crippen molar-refractivity contribution < 1.29 is 14.7 Å². The second kappa shape index (κ2) is 6.53. The van der Waals surface area contributed by atoms with Gasteiger partial charge in [-0.15, -0.1) is 0 Å². The number of hydrogen-bond donors (Lipinski definition) is 1. The van der Waals surface area contributed by atoms with Crippen LogP contribution in [0.25, 0.3) is 0 Å². The van der Waals surface area contributed by atoms with Crippen molar-refractivity contribution in [1.29, 1.82) is 0 Å². The van der Waals surface area contributed by atoms with E-state index in [-0.39, 0.29) is 25.1 Å². The van der Waals surface area contributed by atoms with Crippen molar-refractivity contribution in [2.24, 2.45) is 4.99 Å². The lowest BCUT2D eigenvalue weighted by Crippen LogP contribution is -2.64. The summed E-state index contributed by atoms with van der Waals surface area (Å²) in [6.45, 7) is 5.78. The fraction of sp³-hybridized carbons (Fsp3) is 0.526. The lowest BCUT2D eigenvalue weighted by molar-refractivity contribution is -0.137. The first-order valence-electron chi connectivity index (χ1n) is 9.32. The van der Waals surface area contributed by atoms with Gasteiger partial charge in [-0.25, -0.2) is 9.79 Å². The minimum Gasteiger partial charge on any atom is -0.396 e. The Kier molecular flexibility index (Phi) is 4.30. The topological polar surface area (TPSA) is 79.7 Å². The highest BCUT2D eigenvalue weighted by molar-refractivity contribution is 6.08. The number of aliphatic hydroxyl groups is 1. The second-order valence-corrected chi connectivity index (χ2v) is 7.36. The molecule has 0 aliphatic carbocycles. The number of imide groups is 1. The molecule has 0 bridgehead atoms. The quantitative estimate of drug-likeness (QED) is 0.846. The number of aryl methyl sites for hydroxylation is 2. The van der Waals surface area contributed by atoms with E-state index in [9.17, 15) is 9.59 Å². The lowest BCUT2D eigenvalue weighted by atomic mass is 10.1. The van der Waals surface area contributed by atoms with Crippen molar-refractivity contribution in [2.45, 2.75) is 32.5 Å². The van der Waals surface area contributed by atoms with Gasteiger partial charge in [0.1, 0.15) is 0 Å². The molecule has 8 nitrogen and oxygen atoms in total. The van der Waals surface area contributed by atoms with E-state index in [0.29, 0.717) is 13.0 Å².